The lowest BCUT2D eigenvalue weighted by Gasteiger charge is -2.22. The van der Waals surface area contributed by atoms with Crippen molar-refractivity contribution >= 4 is 11.8 Å². The zero-order valence-corrected chi connectivity index (χ0v) is 15.3. The molecule has 2 aromatic rings. The number of hydrogen-bond donors (Lipinski definition) is 2. The largest absolute Gasteiger partial charge is 0.354 e. The summed E-state index contributed by atoms with van der Waals surface area (Å²) in [5.41, 5.74) is -0.778. The molecule has 1 unspecified atom stereocenters. The molecule has 0 fully saturated rings. The number of nitrogens with zero attached hydrogens (tertiary/aromatic N) is 2. The summed E-state index contributed by atoms with van der Waals surface area (Å²) in [6, 6.07) is 1.93. The number of alkyl halides is 2. The Morgan fingerprint density at radius 2 is 1.82 bits per heavy atom. The third-order valence-electron chi connectivity index (χ3n) is 4.03. The van der Waals surface area contributed by atoms with E-state index in [9.17, 15) is 27.2 Å². The lowest BCUT2D eigenvalue weighted by molar-refractivity contribution is -0.123. The number of carbonyl (C=O) groups is 2. The van der Waals surface area contributed by atoms with Gasteiger partial charge in [0.25, 0.3) is 5.91 Å². The second-order valence-electron chi connectivity index (χ2n) is 6.36. The van der Waals surface area contributed by atoms with Gasteiger partial charge in [-0.2, -0.15) is 8.78 Å². The molecular formula is C18H20F4N4O2. The zero-order valence-electron chi connectivity index (χ0n) is 15.3. The van der Waals surface area contributed by atoms with Crippen molar-refractivity contribution in [3.63, 3.8) is 0 Å². The first-order valence-corrected chi connectivity index (χ1v) is 8.54. The summed E-state index contributed by atoms with van der Waals surface area (Å²) in [6.07, 6.45) is 2.40. The standard InChI is InChI=1S/C18H20F4N4O2/c1-10(2)15(25-16(27)14-11(19)4-3-5-12(14)20)17(28)24-7-6-13-23-8-9-26(13)18(21)22/h3-5,8-10,15,18H,6-7H2,1-2H3,(H,24,28)(H,25,27). The zero-order chi connectivity index (χ0) is 20.8. The number of hydrogen-bond acceptors (Lipinski definition) is 3. The van der Waals surface area contributed by atoms with Crippen LogP contribution in [0.1, 0.15) is 36.6 Å². The highest BCUT2D eigenvalue weighted by Gasteiger charge is 2.27. The predicted octanol–water partition coefficient (Wildman–Crippen LogP) is 2.67. The van der Waals surface area contributed by atoms with E-state index < -0.39 is 41.6 Å². The fourth-order valence-electron chi connectivity index (χ4n) is 2.59. The van der Waals surface area contributed by atoms with Crippen LogP contribution in [0.4, 0.5) is 17.6 Å². The molecule has 1 atom stereocenters. The first-order valence-electron chi connectivity index (χ1n) is 8.54. The molecule has 0 aliphatic carbocycles. The van der Waals surface area contributed by atoms with Gasteiger partial charge < -0.3 is 10.6 Å². The van der Waals surface area contributed by atoms with Crippen LogP contribution in [0.2, 0.25) is 0 Å². The predicted molar refractivity (Wildman–Crippen MR) is 92.6 cm³/mol. The van der Waals surface area contributed by atoms with Crippen LogP contribution >= 0.6 is 0 Å². The molecule has 0 saturated heterocycles. The number of amides is 2. The highest BCUT2D eigenvalue weighted by atomic mass is 19.3. The van der Waals surface area contributed by atoms with Gasteiger partial charge in [0.15, 0.2) is 0 Å². The van der Waals surface area contributed by atoms with Crippen molar-refractivity contribution in [2.75, 3.05) is 6.54 Å². The van der Waals surface area contributed by atoms with E-state index in [1.807, 2.05) is 0 Å². The summed E-state index contributed by atoms with van der Waals surface area (Å²) in [4.78, 5) is 28.4. The topological polar surface area (TPSA) is 76.0 Å². The van der Waals surface area contributed by atoms with E-state index in [1.165, 1.54) is 6.20 Å². The van der Waals surface area contributed by atoms with Crippen molar-refractivity contribution in [1.29, 1.82) is 0 Å². The average Bonchev–Trinajstić information content (AvgIpc) is 3.08. The molecule has 0 radical (unpaired) electrons. The van der Waals surface area contributed by atoms with Crippen molar-refractivity contribution in [3.05, 3.63) is 53.6 Å². The van der Waals surface area contributed by atoms with Crippen LogP contribution in [0.15, 0.2) is 30.6 Å². The van der Waals surface area contributed by atoms with Gasteiger partial charge in [-0.05, 0) is 18.1 Å². The molecule has 2 amide bonds. The highest BCUT2D eigenvalue weighted by Crippen LogP contribution is 2.14. The van der Waals surface area contributed by atoms with E-state index in [-0.39, 0.29) is 24.7 Å². The van der Waals surface area contributed by atoms with Crippen molar-refractivity contribution in [1.82, 2.24) is 20.2 Å². The number of halogens is 4. The van der Waals surface area contributed by atoms with Gasteiger partial charge in [-0.3, -0.25) is 14.2 Å². The minimum Gasteiger partial charge on any atom is -0.354 e. The van der Waals surface area contributed by atoms with E-state index >= 15 is 0 Å². The minimum atomic E-state index is -2.74. The first kappa shape index (κ1) is 21.4. The average molecular weight is 400 g/mol. The van der Waals surface area contributed by atoms with Crippen LogP contribution in [0.5, 0.6) is 0 Å². The first-order chi connectivity index (χ1) is 13.2. The Hall–Kier alpha value is -2.91. The maximum Gasteiger partial charge on any atom is 0.319 e. The van der Waals surface area contributed by atoms with Gasteiger partial charge in [-0.25, -0.2) is 13.8 Å². The molecule has 1 aromatic heterocycles. The van der Waals surface area contributed by atoms with Crippen molar-refractivity contribution in [2.24, 2.45) is 5.92 Å². The summed E-state index contributed by atoms with van der Waals surface area (Å²) in [6.45, 7) is 0.541. The Bertz CT molecular complexity index is 818. The third kappa shape index (κ3) is 5.08. The molecule has 6 nitrogen and oxygen atoms in total. The third-order valence-corrected chi connectivity index (χ3v) is 4.03. The maximum absolute atomic E-state index is 13.7. The van der Waals surface area contributed by atoms with Crippen LogP contribution < -0.4 is 10.6 Å². The fraction of sp³-hybridized carbons (Fsp3) is 0.389. The monoisotopic (exact) mass is 400 g/mol. The van der Waals surface area contributed by atoms with E-state index in [2.05, 4.69) is 15.6 Å². The smallest absolute Gasteiger partial charge is 0.319 e. The molecule has 0 bridgehead atoms. The number of benzene rings is 1. The summed E-state index contributed by atoms with van der Waals surface area (Å²) in [5, 5.41) is 4.83. The summed E-state index contributed by atoms with van der Waals surface area (Å²) in [5.74, 6) is -4.04. The van der Waals surface area contributed by atoms with Crippen LogP contribution in [-0.2, 0) is 11.2 Å². The lowest BCUT2D eigenvalue weighted by Crippen LogP contribution is -2.50. The van der Waals surface area contributed by atoms with Crippen LogP contribution in [0.3, 0.4) is 0 Å². The van der Waals surface area contributed by atoms with Gasteiger partial charge in [0, 0.05) is 25.4 Å². The van der Waals surface area contributed by atoms with Gasteiger partial charge >= 0.3 is 6.55 Å². The number of rotatable bonds is 8. The second kappa shape index (κ2) is 9.34. The fourth-order valence-corrected chi connectivity index (χ4v) is 2.59. The van der Waals surface area contributed by atoms with Crippen molar-refractivity contribution in [3.8, 4) is 0 Å². The van der Waals surface area contributed by atoms with Gasteiger partial charge in [0.05, 0.1) is 0 Å². The molecule has 10 heteroatoms. The Morgan fingerprint density at radius 1 is 1.18 bits per heavy atom. The van der Waals surface area contributed by atoms with Crippen LogP contribution in [0, 0.1) is 17.6 Å². The second-order valence-corrected chi connectivity index (χ2v) is 6.36. The normalized spacial score (nSPS) is 12.3. The van der Waals surface area contributed by atoms with E-state index in [4.69, 9.17) is 0 Å². The molecular weight excluding hydrogens is 380 g/mol. The molecule has 152 valence electrons. The molecule has 2 N–H and O–H groups in total. The minimum absolute atomic E-state index is 0.00425. The van der Waals surface area contributed by atoms with Crippen molar-refractivity contribution in [2.45, 2.75) is 32.9 Å². The molecule has 1 heterocycles. The van der Waals surface area contributed by atoms with E-state index in [0.717, 1.165) is 24.4 Å². The van der Waals surface area contributed by atoms with Gasteiger partial charge in [0.2, 0.25) is 5.91 Å². The van der Waals surface area contributed by atoms with Crippen molar-refractivity contribution < 1.29 is 27.2 Å². The Balaban J connectivity index is 2.00. The van der Waals surface area contributed by atoms with E-state index in [1.54, 1.807) is 13.8 Å². The Morgan fingerprint density at radius 3 is 2.39 bits per heavy atom. The maximum atomic E-state index is 13.7. The highest BCUT2D eigenvalue weighted by molar-refractivity contribution is 5.98. The van der Waals surface area contributed by atoms with Crippen LogP contribution in [0.25, 0.3) is 0 Å². The number of nitrogens with one attached hydrogen (secondary N) is 2. The van der Waals surface area contributed by atoms with Crippen LogP contribution in [-0.4, -0.2) is 34.0 Å². The molecule has 1 aromatic carbocycles. The molecule has 0 saturated carbocycles. The Labute approximate surface area is 158 Å². The van der Waals surface area contributed by atoms with Gasteiger partial charge in [-0.1, -0.05) is 19.9 Å². The number of carbonyl (C=O) groups excluding carboxylic acids is 2. The number of aromatic nitrogens is 2. The number of imidazole rings is 1. The lowest BCUT2D eigenvalue weighted by atomic mass is 10.0. The SMILES string of the molecule is CC(C)C(NC(=O)c1c(F)cccc1F)C(=O)NCCc1nccn1C(F)F. The molecule has 0 spiro atoms. The molecule has 0 aliphatic rings. The van der Waals surface area contributed by atoms with Gasteiger partial charge in [-0.15, -0.1) is 0 Å². The van der Waals surface area contributed by atoms with Gasteiger partial charge in [0.1, 0.15) is 29.1 Å². The molecule has 28 heavy (non-hydrogen) atoms. The summed E-state index contributed by atoms with van der Waals surface area (Å²) >= 11 is 0. The summed E-state index contributed by atoms with van der Waals surface area (Å²) < 4.78 is 53.7. The Kier molecular flexibility index (Phi) is 7.13. The molecule has 2 rings (SSSR count). The van der Waals surface area contributed by atoms with E-state index in [0.29, 0.717) is 4.57 Å². The molecule has 0 aliphatic heterocycles. The quantitative estimate of drug-likeness (QED) is 0.669. The summed E-state index contributed by atoms with van der Waals surface area (Å²) in [7, 11) is 0.